The zero-order chi connectivity index (χ0) is 24.7. The fraction of sp³-hybridized carbons (Fsp3) is 0.208. The molecule has 178 valence electrons. The molecule has 0 heterocycles. The quantitative estimate of drug-likeness (QED) is 0.457. The second-order valence-electron chi connectivity index (χ2n) is 7.03. The maximum atomic E-state index is 12.7. The smallest absolute Gasteiger partial charge is 0.387 e. The summed E-state index contributed by atoms with van der Waals surface area (Å²) in [5.41, 5.74) is 0.222. The van der Waals surface area contributed by atoms with E-state index in [1.807, 2.05) is 30.3 Å². The highest BCUT2D eigenvalue weighted by Crippen LogP contribution is 2.35. The van der Waals surface area contributed by atoms with E-state index in [4.69, 9.17) is 4.74 Å². The summed E-state index contributed by atoms with van der Waals surface area (Å²) in [5, 5.41) is 7.01. The lowest BCUT2D eigenvalue weighted by atomic mass is 10.1. The van der Waals surface area contributed by atoms with Gasteiger partial charge in [0.2, 0.25) is 5.91 Å². The highest BCUT2D eigenvalue weighted by molar-refractivity contribution is 6.02. The third-order valence-corrected chi connectivity index (χ3v) is 4.85. The van der Waals surface area contributed by atoms with Crippen LogP contribution < -0.4 is 20.1 Å². The Kier molecular flexibility index (Phi) is 7.96. The highest BCUT2D eigenvalue weighted by atomic mass is 19.3. The molecule has 3 aromatic carbocycles. The Hall–Kier alpha value is -4.21. The van der Waals surface area contributed by atoms with E-state index in [0.29, 0.717) is 5.56 Å². The standard InChI is InChI=1S/C24H22F2N2O6/c1-32-19-12-17(23(31)33-2)18(13-20(19)34-24(25)26)28-21(29)9-10-27-22(30)16-8-7-14-5-3-4-6-15(14)11-16/h3-8,11-13,24H,9-10H2,1-2H3,(H,27,30)(H,28,29). The molecule has 2 amide bonds. The molecule has 34 heavy (non-hydrogen) atoms. The molecule has 8 nitrogen and oxygen atoms in total. The number of fused-ring (bicyclic) bond motifs is 1. The number of benzene rings is 3. The molecule has 0 aliphatic rings. The number of rotatable bonds is 9. The van der Waals surface area contributed by atoms with Crippen molar-refractivity contribution in [3.05, 3.63) is 65.7 Å². The Morgan fingerprint density at radius 3 is 2.35 bits per heavy atom. The number of hydrogen-bond acceptors (Lipinski definition) is 6. The van der Waals surface area contributed by atoms with E-state index in [1.54, 1.807) is 12.1 Å². The minimum absolute atomic E-state index is 0.00158. The highest BCUT2D eigenvalue weighted by Gasteiger charge is 2.21. The first kappa shape index (κ1) is 24.4. The molecule has 0 radical (unpaired) electrons. The number of alkyl halides is 2. The molecule has 0 bridgehead atoms. The third kappa shape index (κ3) is 5.97. The number of halogens is 2. The van der Waals surface area contributed by atoms with Gasteiger partial charge in [0.15, 0.2) is 11.5 Å². The van der Waals surface area contributed by atoms with Gasteiger partial charge in [-0.2, -0.15) is 8.78 Å². The van der Waals surface area contributed by atoms with Gasteiger partial charge >= 0.3 is 12.6 Å². The van der Waals surface area contributed by atoms with Gasteiger partial charge in [-0.05, 0) is 22.9 Å². The van der Waals surface area contributed by atoms with Gasteiger partial charge in [0.05, 0.1) is 25.5 Å². The van der Waals surface area contributed by atoms with Crippen LogP contribution in [-0.2, 0) is 9.53 Å². The van der Waals surface area contributed by atoms with Gasteiger partial charge < -0.3 is 24.8 Å². The molecule has 3 rings (SSSR count). The Bertz CT molecular complexity index is 1220. The minimum atomic E-state index is -3.15. The van der Waals surface area contributed by atoms with Crippen LogP contribution in [0.4, 0.5) is 14.5 Å². The number of hydrogen-bond donors (Lipinski definition) is 2. The van der Waals surface area contributed by atoms with Gasteiger partial charge in [-0.15, -0.1) is 0 Å². The van der Waals surface area contributed by atoms with Gasteiger partial charge in [-0.3, -0.25) is 9.59 Å². The summed E-state index contributed by atoms with van der Waals surface area (Å²) in [7, 11) is 2.34. The van der Waals surface area contributed by atoms with Gasteiger partial charge in [0, 0.05) is 30.7 Å². The van der Waals surface area contributed by atoms with Crippen LogP contribution in [0.15, 0.2) is 54.6 Å². The molecule has 3 aromatic rings. The van der Waals surface area contributed by atoms with Crippen molar-refractivity contribution in [3.8, 4) is 11.5 Å². The van der Waals surface area contributed by atoms with Crippen molar-refractivity contribution in [2.45, 2.75) is 13.0 Å². The van der Waals surface area contributed by atoms with E-state index in [-0.39, 0.29) is 41.6 Å². The van der Waals surface area contributed by atoms with Crippen molar-refractivity contribution < 1.29 is 37.4 Å². The van der Waals surface area contributed by atoms with Crippen molar-refractivity contribution in [1.82, 2.24) is 5.32 Å². The molecule has 0 aliphatic heterocycles. The molecule has 0 aromatic heterocycles. The van der Waals surface area contributed by atoms with Crippen LogP contribution in [0.3, 0.4) is 0 Å². The van der Waals surface area contributed by atoms with E-state index in [2.05, 4.69) is 20.1 Å². The van der Waals surface area contributed by atoms with Crippen molar-refractivity contribution in [2.75, 3.05) is 26.1 Å². The summed E-state index contributed by atoms with van der Waals surface area (Å²) in [6.45, 7) is -3.14. The average molecular weight is 472 g/mol. The fourth-order valence-corrected chi connectivity index (χ4v) is 3.22. The molecule has 0 spiro atoms. The van der Waals surface area contributed by atoms with Crippen LogP contribution >= 0.6 is 0 Å². The molecule has 0 fully saturated rings. The van der Waals surface area contributed by atoms with Crippen LogP contribution in [-0.4, -0.2) is 45.2 Å². The van der Waals surface area contributed by atoms with Crippen LogP contribution in [0, 0.1) is 0 Å². The largest absolute Gasteiger partial charge is 0.493 e. The first-order valence-corrected chi connectivity index (χ1v) is 10.1. The molecule has 0 atom stereocenters. The molecule has 10 heteroatoms. The number of ether oxygens (including phenoxy) is 3. The van der Waals surface area contributed by atoms with Crippen LogP contribution in [0.2, 0.25) is 0 Å². The second-order valence-corrected chi connectivity index (χ2v) is 7.03. The monoisotopic (exact) mass is 472 g/mol. The van der Waals surface area contributed by atoms with Gasteiger partial charge in [-0.1, -0.05) is 30.3 Å². The lowest BCUT2D eigenvalue weighted by molar-refractivity contribution is -0.116. The zero-order valence-corrected chi connectivity index (χ0v) is 18.4. The minimum Gasteiger partial charge on any atom is -0.493 e. The third-order valence-electron chi connectivity index (χ3n) is 4.85. The summed E-state index contributed by atoms with van der Waals surface area (Å²) < 4.78 is 39.5. The van der Waals surface area contributed by atoms with Crippen LogP contribution in [0.5, 0.6) is 11.5 Å². The van der Waals surface area contributed by atoms with Crippen molar-refractivity contribution in [3.63, 3.8) is 0 Å². The SMILES string of the molecule is COC(=O)c1cc(OC)c(OC(F)F)cc1NC(=O)CCNC(=O)c1ccc2ccccc2c1. The predicted molar refractivity (Wildman–Crippen MR) is 120 cm³/mol. The lowest BCUT2D eigenvalue weighted by Crippen LogP contribution is -2.28. The average Bonchev–Trinajstić information content (AvgIpc) is 2.83. The number of anilines is 1. The number of methoxy groups -OCH3 is 2. The number of carbonyl (C=O) groups excluding carboxylic acids is 3. The van der Waals surface area contributed by atoms with E-state index >= 15 is 0 Å². The van der Waals surface area contributed by atoms with Crippen molar-refractivity contribution in [2.24, 2.45) is 0 Å². The topological polar surface area (TPSA) is 103 Å². The summed E-state index contributed by atoms with van der Waals surface area (Å²) in [6.07, 6.45) is -0.142. The van der Waals surface area contributed by atoms with E-state index < -0.39 is 18.5 Å². The molecule has 0 aliphatic carbocycles. The molecule has 2 N–H and O–H groups in total. The second kappa shape index (κ2) is 11.1. The summed E-state index contributed by atoms with van der Waals surface area (Å²) in [5.74, 6) is -2.25. The predicted octanol–water partition coefficient (Wildman–Crippen LogP) is 4.00. The summed E-state index contributed by atoms with van der Waals surface area (Å²) in [6, 6.07) is 15.0. The number of carbonyl (C=O) groups is 3. The maximum Gasteiger partial charge on any atom is 0.387 e. The Balaban J connectivity index is 1.67. The zero-order valence-electron chi connectivity index (χ0n) is 18.4. The van der Waals surface area contributed by atoms with Gasteiger partial charge in [0.25, 0.3) is 5.91 Å². The number of nitrogens with one attached hydrogen (secondary N) is 2. The summed E-state index contributed by atoms with van der Waals surface area (Å²) in [4.78, 5) is 36.9. The Labute approximate surface area is 193 Å². The first-order valence-electron chi connectivity index (χ1n) is 10.1. The number of amides is 2. The molecular formula is C24H22F2N2O6. The van der Waals surface area contributed by atoms with E-state index in [9.17, 15) is 23.2 Å². The normalized spacial score (nSPS) is 10.6. The molecule has 0 unspecified atom stereocenters. The van der Waals surface area contributed by atoms with Crippen molar-refractivity contribution >= 4 is 34.2 Å². The van der Waals surface area contributed by atoms with E-state index in [0.717, 1.165) is 30.0 Å². The Morgan fingerprint density at radius 2 is 1.68 bits per heavy atom. The van der Waals surface area contributed by atoms with E-state index in [1.165, 1.54) is 7.11 Å². The van der Waals surface area contributed by atoms with Gasteiger partial charge in [0.1, 0.15) is 0 Å². The Morgan fingerprint density at radius 1 is 0.941 bits per heavy atom. The van der Waals surface area contributed by atoms with Crippen LogP contribution in [0.1, 0.15) is 27.1 Å². The fourth-order valence-electron chi connectivity index (χ4n) is 3.22. The van der Waals surface area contributed by atoms with Crippen molar-refractivity contribution in [1.29, 1.82) is 0 Å². The lowest BCUT2D eigenvalue weighted by Gasteiger charge is -2.15. The summed E-state index contributed by atoms with van der Waals surface area (Å²) >= 11 is 0. The number of esters is 1. The first-order chi connectivity index (χ1) is 16.3. The van der Waals surface area contributed by atoms with Crippen LogP contribution in [0.25, 0.3) is 10.8 Å². The maximum absolute atomic E-state index is 12.7. The molecular weight excluding hydrogens is 450 g/mol. The molecule has 0 saturated carbocycles. The van der Waals surface area contributed by atoms with Gasteiger partial charge in [-0.25, -0.2) is 4.79 Å². The molecule has 0 saturated heterocycles.